The molecule has 2 rings (SSSR count). The Bertz CT molecular complexity index is 662. The number of aromatic amines is 1. The Kier molecular flexibility index (Phi) is 3.90. The molecule has 2 aromatic rings. The van der Waals surface area contributed by atoms with E-state index < -0.39 is 5.97 Å². The number of aliphatic carboxylic acids is 1. The third-order valence-electron chi connectivity index (χ3n) is 2.56. The summed E-state index contributed by atoms with van der Waals surface area (Å²) in [5.41, 5.74) is 2.38. The summed E-state index contributed by atoms with van der Waals surface area (Å²) in [5.74, 6) is -1.37. The van der Waals surface area contributed by atoms with Gasteiger partial charge in [0.1, 0.15) is 0 Å². The minimum atomic E-state index is -1.01. The van der Waals surface area contributed by atoms with Crippen LogP contribution in [0.15, 0.2) is 30.5 Å². The van der Waals surface area contributed by atoms with Crippen LogP contribution in [0.3, 0.4) is 0 Å². The van der Waals surface area contributed by atoms with Gasteiger partial charge in [0.2, 0.25) is 0 Å². The van der Waals surface area contributed by atoms with Gasteiger partial charge in [-0.1, -0.05) is 6.07 Å². The van der Waals surface area contributed by atoms with E-state index in [-0.39, 0.29) is 11.6 Å². The molecule has 0 saturated carbocycles. The molecule has 7 heteroatoms. The summed E-state index contributed by atoms with van der Waals surface area (Å²) < 4.78 is 0. The highest BCUT2D eigenvalue weighted by atomic mass is 16.4. The predicted octanol–water partition coefficient (Wildman–Crippen LogP) is 1.46. The highest BCUT2D eigenvalue weighted by Gasteiger charge is 2.10. The summed E-state index contributed by atoms with van der Waals surface area (Å²) in [6.45, 7) is 1.82. The number of carboxylic acids is 1. The van der Waals surface area contributed by atoms with Gasteiger partial charge in [0.25, 0.3) is 5.91 Å². The van der Waals surface area contributed by atoms with Crippen molar-refractivity contribution in [2.75, 3.05) is 5.32 Å². The fourth-order valence-corrected chi connectivity index (χ4v) is 1.60. The lowest BCUT2D eigenvalue weighted by atomic mass is 10.1. The summed E-state index contributed by atoms with van der Waals surface area (Å²) in [5, 5.41) is 20.9. The highest BCUT2D eigenvalue weighted by Crippen LogP contribution is 2.18. The van der Waals surface area contributed by atoms with Crippen molar-refractivity contribution in [2.45, 2.75) is 6.92 Å². The Morgan fingerprint density at radius 2 is 2.20 bits per heavy atom. The second kappa shape index (κ2) is 5.79. The Balaban J connectivity index is 2.14. The van der Waals surface area contributed by atoms with Crippen LogP contribution in [-0.4, -0.2) is 32.4 Å². The van der Waals surface area contributed by atoms with E-state index in [1.165, 1.54) is 12.3 Å². The second-order valence-corrected chi connectivity index (χ2v) is 4.06. The summed E-state index contributed by atoms with van der Waals surface area (Å²) in [7, 11) is 0. The van der Waals surface area contributed by atoms with Gasteiger partial charge in [0.05, 0.1) is 6.20 Å². The van der Waals surface area contributed by atoms with Crippen LogP contribution in [0, 0.1) is 6.92 Å². The van der Waals surface area contributed by atoms with Gasteiger partial charge >= 0.3 is 5.97 Å². The number of aromatic nitrogens is 3. The van der Waals surface area contributed by atoms with Gasteiger partial charge in [-0.05, 0) is 36.3 Å². The van der Waals surface area contributed by atoms with Crippen LogP contribution in [0.25, 0.3) is 6.08 Å². The zero-order valence-electron chi connectivity index (χ0n) is 10.6. The monoisotopic (exact) mass is 272 g/mol. The summed E-state index contributed by atoms with van der Waals surface area (Å²) >= 11 is 0. The molecule has 1 heterocycles. The van der Waals surface area contributed by atoms with E-state index in [4.69, 9.17) is 5.11 Å². The predicted molar refractivity (Wildman–Crippen MR) is 72.2 cm³/mol. The molecular weight excluding hydrogens is 260 g/mol. The van der Waals surface area contributed by atoms with Gasteiger partial charge in [-0.15, -0.1) is 0 Å². The van der Waals surface area contributed by atoms with E-state index in [0.717, 1.165) is 17.2 Å². The van der Waals surface area contributed by atoms with Crippen LogP contribution >= 0.6 is 0 Å². The molecule has 0 atom stereocenters. The molecule has 0 aliphatic rings. The zero-order valence-corrected chi connectivity index (χ0v) is 10.6. The molecule has 0 bridgehead atoms. The van der Waals surface area contributed by atoms with Crippen molar-refractivity contribution in [1.82, 2.24) is 15.4 Å². The smallest absolute Gasteiger partial charge is 0.328 e. The van der Waals surface area contributed by atoms with E-state index in [2.05, 4.69) is 20.7 Å². The Labute approximate surface area is 114 Å². The Morgan fingerprint density at radius 1 is 1.40 bits per heavy atom. The van der Waals surface area contributed by atoms with Crippen molar-refractivity contribution in [3.8, 4) is 0 Å². The van der Waals surface area contributed by atoms with E-state index in [0.29, 0.717) is 5.69 Å². The molecule has 20 heavy (non-hydrogen) atoms. The van der Waals surface area contributed by atoms with E-state index in [1.807, 2.05) is 6.92 Å². The van der Waals surface area contributed by atoms with Gasteiger partial charge in [-0.3, -0.25) is 4.79 Å². The van der Waals surface area contributed by atoms with Gasteiger partial charge in [-0.25, -0.2) is 4.79 Å². The molecule has 0 unspecified atom stereocenters. The standard InChI is InChI=1S/C13H12N4O3/c1-8-6-9(3-5-12(18)19)2-4-10(8)15-13(20)11-7-14-17-16-11/h2-7H,1H3,(H,15,20)(H,18,19)(H,14,16,17)/b5-3+. The molecule has 1 aromatic carbocycles. The average molecular weight is 272 g/mol. The summed E-state index contributed by atoms with van der Waals surface area (Å²) in [4.78, 5) is 22.2. The average Bonchev–Trinajstić information content (AvgIpc) is 2.93. The molecule has 0 aliphatic heterocycles. The maximum absolute atomic E-state index is 11.8. The zero-order chi connectivity index (χ0) is 14.5. The normalized spacial score (nSPS) is 10.7. The number of carbonyl (C=O) groups excluding carboxylic acids is 1. The van der Waals surface area contributed by atoms with Gasteiger partial charge in [0, 0.05) is 11.8 Å². The number of carbonyl (C=O) groups is 2. The second-order valence-electron chi connectivity index (χ2n) is 4.06. The fraction of sp³-hybridized carbons (Fsp3) is 0.0769. The number of rotatable bonds is 4. The topological polar surface area (TPSA) is 108 Å². The van der Waals surface area contributed by atoms with E-state index in [1.54, 1.807) is 18.2 Å². The minimum Gasteiger partial charge on any atom is -0.478 e. The van der Waals surface area contributed by atoms with Crippen molar-refractivity contribution in [3.05, 3.63) is 47.3 Å². The number of benzene rings is 1. The molecule has 1 amide bonds. The number of anilines is 1. The van der Waals surface area contributed by atoms with Gasteiger partial charge in [-0.2, -0.15) is 15.4 Å². The molecule has 0 spiro atoms. The van der Waals surface area contributed by atoms with Gasteiger partial charge < -0.3 is 10.4 Å². The van der Waals surface area contributed by atoms with Gasteiger partial charge in [0.15, 0.2) is 5.69 Å². The Morgan fingerprint density at radius 3 is 2.80 bits per heavy atom. The largest absolute Gasteiger partial charge is 0.478 e. The lowest BCUT2D eigenvalue weighted by Gasteiger charge is -2.07. The quantitative estimate of drug-likeness (QED) is 0.730. The van der Waals surface area contributed by atoms with Crippen LogP contribution in [0.5, 0.6) is 0 Å². The van der Waals surface area contributed by atoms with Crippen molar-refractivity contribution in [2.24, 2.45) is 0 Å². The maximum atomic E-state index is 11.8. The molecule has 1 aromatic heterocycles. The number of hydrogen-bond donors (Lipinski definition) is 3. The first-order valence-electron chi connectivity index (χ1n) is 5.75. The molecule has 3 N–H and O–H groups in total. The number of nitrogens with zero attached hydrogens (tertiary/aromatic N) is 2. The summed E-state index contributed by atoms with van der Waals surface area (Å²) in [6.07, 6.45) is 3.87. The first kappa shape index (κ1) is 13.5. The molecule has 102 valence electrons. The van der Waals surface area contributed by atoms with Crippen LogP contribution < -0.4 is 5.32 Å². The lowest BCUT2D eigenvalue weighted by molar-refractivity contribution is -0.131. The highest BCUT2D eigenvalue weighted by molar-refractivity contribution is 6.03. The van der Waals surface area contributed by atoms with Crippen molar-refractivity contribution in [1.29, 1.82) is 0 Å². The van der Waals surface area contributed by atoms with Crippen molar-refractivity contribution in [3.63, 3.8) is 0 Å². The van der Waals surface area contributed by atoms with Crippen molar-refractivity contribution >= 4 is 23.6 Å². The first-order chi connectivity index (χ1) is 9.56. The number of H-pyrrole nitrogens is 1. The third-order valence-corrected chi connectivity index (χ3v) is 2.56. The molecule has 0 saturated heterocycles. The Hall–Kier alpha value is -2.96. The van der Waals surface area contributed by atoms with Crippen LogP contribution in [0.4, 0.5) is 5.69 Å². The number of nitrogens with one attached hydrogen (secondary N) is 2. The van der Waals surface area contributed by atoms with E-state index >= 15 is 0 Å². The number of aryl methyl sites for hydroxylation is 1. The minimum absolute atomic E-state index is 0.194. The van der Waals surface area contributed by atoms with Crippen LogP contribution in [0.2, 0.25) is 0 Å². The molecule has 0 aliphatic carbocycles. The molecule has 0 fully saturated rings. The molecular formula is C13H12N4O3. The lowest BCUT2D eigenvalue weighted by Crippen LogP contribution is -2.13. The molecule has 0 radical (unpaired) electrons. The van der Waals surface area contributed by atoms with Crippen molar-refractivity contribution < 1.29 is 14.7 Å². The van der Waals surface area contributed by atoms with E-state index in [9.17, 15) is 9.59 Å². The fourth-order valence-electron chi connectivity index (χ4n) is 1.60. The SMILES string of the molecule is Cc1cc(/C=C/C(=O)O)ccc1NC(=O)c1cn[nH]n1. The number of hydrogen-bond acceptors (Lipinski definition) is 4. The summed E-state index contributed by atoms with van der Waals surface area (Å²) in [6, 6.07) is 5.19. The van der Waals surface area contributed by atoms with Crippen LogP contribution in [0.1, 0.15) is 21.6 Å². The number of carboxylic acid groups (broad SMARTS) is 1. The van der Waals surface area contributed by atoms with Crippen LogP contribution in [-0.2, 0) is 4.79 Å². The third kappa shape index (κ3) is 3.29. The first-order valence-corrected chi connectivity index (χ1v) is 5.75. The molecule has 7 nitrogen and oxygen atoms in total. The number of amides is 1. The maximum Gasteiger partial charge on any atom is 0.328 e.